The maximum Gasteiger partial charge on any atom is 0.251 e. The summed E-state index contributed by atoms with van der Waals surface area (Å²) in [5, 5.41) is 3.04. The number of rotatable bonds is 8. The second-order valence-electron chi connectivity index (χ2n) is 12.8. The minimum absolute atomic E-state index is 0.0153. The lowest BCUT2D eigenvalue weighted by atomic mass is 9.87. The van der Waals surface area contributed by atoms with Gasteiger partial charge in [0.05, 0.1) is 6.10 Å². The van der Waals surface area contributed by atoms with Crippen molar-refractivity contribution in [3.8, 4) is 0 Å². The number of fused-ring (bicyclic) bond motifs is 1. The predicted octanol–water partition coefficient (Wildman–Crippen LogP) is 2.96. The van der Waals surface area contributed by atoms with Crippen molar-refractivity contribution in [2.75, 3.05) is 50.8 Å². The molecule has 38 heavy (non-hydrogen) atoms. The summed E-state index contributed by atoms with van der Waals surface area (Å²) in [7, 11) is 0. The van der Waals surface area contributed by atoms with Crippen molar-refractivity contribution in [2.24, 2.45) is 17.3 Å². The zero-order valence-corrected chi connectivity index (χ0v) is 23.4. The number of benzene rings is 1. The van der Waals surface area contributed by atoms with Crippen LogP contribution in [0.25, 0.3) is 0 Å². The first-order chi connectivity index (χ1) is 18.1. The van der Waals surface area contributed by atoms with Crippen molar-refractivity contribution in [1.29, 1.82) is 0 Å². The number of piperazine rings is 1. The highest BCUT2D eigenvalue weighted by Crippen LogP contribution is 2.46. The van der Waals surface area contributed by atoms with Crippen LogP contribution in [0.1, 0.15) is 63.7 Å². The number of hydrogen-bond acceptors (Lipinski definition) is 6. The van der Waals surface area contributed by atoms with E-state index < -0.39 is 12.1 Å². The second kappa shape index (κ2) is 11.0. The Balaban J connectivity index is 1.26. The predicted molar refractivity (Wildman–Crippen MR) is 147 cm³/mol. The molecule has 3 heterocycles. The summed E-state index contributed by atoms with van der Waals surface area (Å²) in [5.41, 5.74) is 1.48. The number of amides is 2. The van der Waals surface area contributed by atoms with Crippen LogP contribution in [0.15, 0.2) is 24.3 Å². The molecule has 4 aliphatic rings. The van der Waals surface area contributed by atoms with E-state index in [4.69, 9.17) is 4.74 Å². The number of ketones is 1. The van der Waals surface area contributed by atoms with Crippen LogP contribution in [-0.4, -0.2) is 91.5 Å². The van der Waals surface area contributed by atoms with Gasteiger partial charge in [0.1, 0.15) is 18.7 Å². The van der Waals surface area contributed by atoms with E-state index in [1.807, 2.05) is 24.3 Å². The molecule has 5 rings (SSSR count). The fourth-order valence-corrected chi connectivity index (χ4v) is 6.48. The van der Waals surface area contributed by atoms with Gasteiger partial charge >= 0.3 is 0 Å². The summed E-state index contributed by atoms with van der Waals surface area (Å²) in [5.74, 6) is 0.327. The zero-order valence-electron chi connectivity index (χ0n) is 23.4. The quantitative estimate of drug-likeness (QED) is 0.563. The van der Waals surface area contributed by atoms with Gasteiger partial charge in [-0.2, -0.15) is 0 Å². The average Bonchev–Trinajstić information content (AvgIpc) is 3.56. The van der Waals surface area contributed by atoms with Crippen LogP contribution in [0.2, 0.25) is 0 Å². The summed E-state index contributed by atoms with van der Waals surface area (Å²) < 4.78 is 5.86. The molecule has 0 aromatic heterocycles. The number of likely N-dealkylation sites (tertiary alicyclic amines) is 1. The maximum atomic E-state index is 13.9. The number of anilines is 1. The van der Waals surface area contributed by atoms with Gasteiger partial charge in [-0.3, -0.25) is 19.3 Å². The molecule has 1 N–H and O–H groups in total. The molecule has 1 saturated carbocycles. The van der Waals surface area contributed by atoms with Crippen LogP contribution in [0.5, 0.6) is 0 Å². The lowest BCUT2D eigenvalue weighted by Crippen LogP contribution is -2.53. The Bertz CT molecular complexity index is 1020. The van der Waals surface area contributed by atoms with Crippen molar-refractivity contribution in [3.05, 3.63) is 29.8 Å². The van der Waals surface area contributed by atoms with Gasteiger partial charge in [0, 0.05) is 49.9 Å². The van der Waals surface area contributed by atoms with Crippen molar-refractivity contribution < 1.29 is 19.1 Å². The Morgan fingerprint density at radius 2 is 1.76 bits per heavy atom. The van der Waals surface area contributed by atoms with Crippen LogP contribution < -0.4 is 10.2 Å². The van der Waals surface area contributed by atoms with Gasteiger partial charge in [-0.1, -0.05) is 27.7 Å². The molecule has 0 bridgehead atoms. The molecule has 8 heteroatoms. The fourth-order valence-electron chi connectivity index (χ4n) is 6.48. The molecule has 1 aromatic carbocycles. The average molecular weight is 525 g/mol. The Morgan fingerprint density at radius 1 is 1.08 bits per heavy atom. The number of carbonyl (C=O) groups excluding carboxylic acids is 3. The number of carbonyl (C=O) groups is 3. The molecule has 4 atom stereocenters. The zero-order chi connectivity index (χ0) is 27.0. The lowest BCUT2D eigenvalue weighted by molar-refractivity contribution is -0.138. The number of hydrogen-bond donors (Lipinski definition) is 1. The maximum absolute atomic E-state index is 13.9. The van der Waals surface area contributed by atoms with E-state index in [1.54, 1.807) is 4.90 Å². The van der Waals surface area contributed by atoms with E-state index in [0.29, 0.717) is 24.4 Å². The smallest absolute Gasteiger partial charge is 0.251 e. The minimum atomic E-state index is -0.694. The number of nitrogens with one attached hydrogen (secondary N) is 1. The molecular formula is C30H44N4O4. The molecule has 0 spiro atoms. The van der Waals surface area contributed by atoms with E-state index in [1.165, 1.54) is 6.42 Å². The van der Waals surface area contributed by atoms with E-state index in [2.05, 4.69) is 42.8 Å². The van der Waals surface area contributed by atoms with Crippen molar-refractivity contribution in [1.82, 2.24) is 15.1 Å². The second-order valence-corrected chi connectivity index (χ2v) is 12.8. The number of nitrogens with zero attached hydrogens (tertiary/aromatic N) is 3. The van der Waals surface area contributed by atoms with Gasteiger partial charge in [-0.05, 0) is 67.8 Å². The van der Waals surface area contributed by atoms with E-state index in [0.717, 1.165) is 51.3 Å². The molecule has 0 radical (unpaired) electrons. The van der Waals surface area contributed by atoms with Gasteiger partial charge in [0.2, 0.25) is 5.91 Å². The Labute approximate surface area is 227 Å². The summed E-state index contributed by atoms with van der Waals surface area (Å²) in [6.07, 6.45) is 3.75. The van der Waals surface area contributed by atoms with Gasteiger partial charge in [0.15, 0.2) is 5.78 Å². The fraction of sp³-hybridized carbons (Fsp3) is 0.700. The monoisotopic (exact) mass is 524 g/mol. The molecule has 2 amide bonds. The summed E-state index contributed by atoms with van der Waals surface area (Å²) in [6.45, 7) is 14.3. The first kappa shape index (κ1) is 27.1. The normalized spacial score (nSPS) is 26.9. The third kappa shape index (κ3) is 5.91. The van der Waals surface area contributed by atoms with Crippen molar-refractivity contribution >= 4 is 23.3 Å². The first-order valence-electron chi connectivity index (χ1n) is 14.5. The molecule has 4 fully saturated rings. The van der Waals surface area contributed by atoms with Gasteiger partial charge in [-0.15, -0.1) is 0 Å². The Hall–Kier alpha value is -2.45. The lowest BCUT2D eigenvalue weighted by Gasteiger charge is -2.36. The van der Waals surface area contributed by atoms with Crippen LogP contribution in [-0.2, 0) is 14.3 Å². The molecule has 208 valence electrons. The van der Waals surface area contributed by atoms with Crippen molar-refractivity contribution in [2.45, 2.75) is 71.6 Å². The molecule has 8 nitrogen and oxygen atoms in total. The Kier molecular flexibility index (Phi) is 7.83. The van der Waals surface area contributed by atoms with Crippen molar-refractivity contribution in [3.63, 3.8) is 0 Å². The topological polar surface area (TPSA) is 82.2 Å². The number of ether oxygens (including phenoxy) is 1. The van der Waals surface area contributed by atoms with Gasteiger partial charge in [0.25, 0.3) is 5.91 Å². The van der Waals surface area contributed by atoms with E-state index in [9.17, 15) is 14.4 Å². The summed E-state index contributed by atoms with van der Waals surface area (Å²) >= 11 is 0. The molecule has 0 unspecified atom stereocenters. The summed E-state index contributed by atoms with van der Waals surface area (Å²) in [6, 6.07) is 6.51. The largest absolute Gasteiger partial charge is 0.369 e. The highest BCUT2D eigenvalue weighted by molar-refractivity contribution is 5.99. The molecule has 1 aromatic rings. The molecule has 1 aliphatic carbocycles. The Morgan fingerprint density at radius 3 is 2.37 bits per heavy atom. The van der Waals surface area contributed by atoms with Crippen LogP contribution in [0, 0.1) is 17.3 Å². The minimum Gasteiger partial charge on any atom is -0.369 e. The first-order valence-corrected chi connectivity index (χ1v) is 14.5. The molecule has 3 saturated heterocycles. The highest BCUT2D eigenvalue weighted by atomic mass is 16.5. The third-order valence-electron chi connectivity index (χ3n) is 8.56. The SMILES string of the molecule is CCCN1CCN(c2ccc(C(=O)N[C@@H](CC(C)(C)C)C(=O)N3C[C@@H](C4CC4)[C@H]4OCC(=O)[C@H]43)cc2)CC1. The van der Waals surface area contributed by atoms with E-state index >= 15 is 0 Å². The van der Waals surface area contributed by atoms with E-state index in [-0.39, 0.29) is 41.6 Å². The summed E-state index contributed by atoms with van der Waals surface area (Å²) in [4.78, 5) is 46.5. The highest BCUT2D eigenvalue weighted by Gasteiger charge is 2.56. The van der Waals surface area contributed by atoms with Gasteiger partial charge in [-0.25, -0.2) is 0 Å². The molecule has 3 aliphatic heterocycles. The van der Waals surface area contributed by atoms with Crippen LogP contribution in [0.3, 0.4) is 0 Å². The third-order valence-corrected chi connectivity index (χ3v) is 8.56. The van der Waals surface area contributed by atoms with Gasteiger partial charge < -0.3 is 19.9 Å². The van der Waals surface area contributed by atoms with Crippen LogP contribution >= 0.6 is 0 Å². The number of Topliss-reactive ketones (excluding diaryl/α,β-unsaturated/α-hetero) is 1. The molecular weight excluding hydrogens is 480 g/mol. The standard InChI is InChI=1S/C30H44N4O4/c1-5-12-32-13-15-33(16-14-32)22-10-8-21(9-11-22)28(36)31-24(17-30(2,3)4)29(37)34-18-23(20-6-7-20)27-26(34)25(35)19-38-27/h8-11,20,23-24,26-27H,5-7,12-19H2,1-4H3,(H,31,36)/t23-,24-,26+,27+/m0/s1. The van der Waals surface area contributed by atoms with Crippen LogP contribution in [0.4, 0.5) is 5.69 Å².